The van der Waals surface area contributed by atoms with Gasteiger partial charge in [0.15, 0.2) is 6.61 Å². The van der Waals surface area contributed by atoms with Gasteiger partial charge in [-0.25, -0.2) is 4.79 Å². The molecule has 1 amide bonds. The van der Waals surface area contributed by atoms with Gasteiger partial charge in [-0.05, 0) is 48.4 Å². The van der Waals surface area contributed by atoms with Crippen molar-refractivity contribution in [1.29, 1.82) is 5.26 Å². The fourth-order valence-corrected chi connectivity index (χ4v) is 2.35. The Morgan fingerprint density at radius 1 is 1.14 bits per heavy atom. The lowest BCUT2D eigenvalue weighted by molar-refractivity contribution is -0.142. The number of amides is 1. The Morgan fingerprint density at radius 3 is 2.61 bits per heavy atom. The highest BCUT2D eigenvalue weighted by Crippen LogP contribution is 2.25. The molecule has 2 aromatic carbocycles. The normalized spacial score (nSPS) is 10.6. The number of nitrogens with one attached hydrogen (secondary N) is 1. The van der Waals surface area contributed by atoms with Crippen LogP contribution in [0.25, 0.3) is 6.08 Å². The minimum absolute atomic E-state index is 0.228. The summed E-state index contributed by atoms with van der Waals surface area (Å²) in [6, 6.07) is 13.9. The number of hydrogen-bond acceptors (Lipinski definition) is 6. The summed E-state index contributed by atoms with van der Waals surface area (Å²) in [6.45, 7) is 1.34. The molecule has 0 aliphatic rings. The number of nitriles is 1. The van der Waals surface area contributed by atoms with Gasteiger partial charge in [0.25, 0.3) is 5.91 Å². The van der Waals surface area contributed by atoms with Crippen molar-refractivity contribution in [3.63, 3.8) is 0 Å². The molecule has 0 aromatic heterocycles. The largest absolute Gasteiger partial charge is 0.497 e. The molecule has 0 heterocycles. The van der Waals surface area contributed by atoms with E-state index in [1.807, 2.05) is 13.0 Å². The van der Waals surface area contributed by atoms with Crippen LogP contribution >= 0.6 is 0 Å². The molecule has 7 nitrogen and oxygen atoms in total. The van der Waals surface area contributed by atoms with E-state index in [0.717, 1.165) is 5.56 Å². The Labute approximate surface area is 163 Å². The van der Waals surface area contributed by atoms with E-state index < -0.39 is 18.5 Å². The van der Waals surface area contributed by atoms with Crippen LogP contribution in [0.5, 0.6) is 11.5 Å². The summed E-state index contributed by atoms with van der Waals surface area (Å²) in [5, 5.41) is 11.8. The third kappa shape index (κ3) is 5.61. The van der Waals surface area contributed by atoms with Crippen LogP contribution in [0.4, 0.5) is 5.69 Å². The molecule has 0 fully saturated rings. The summed E-state index contributed by atoms with van der Waals surface area (Å²) in [5.74, 6) is -0.362. The summed E-state index contributed by atoms with van der Waals surface area (Å²) in [4.78, 5) is 24.2. The first-order valence-electron chi connectivity index (χ1n) is 8.34. The van der Waals surface area contributed by atoms with E-state index >= 15 is 0 Å². The molecule has 0 aliphatic heterocycles. The van der Waals surface area contributed by atoms with E-state index in [0.29, 0.717) is 22.7 Å². The van der Waals surface area contributed by atoms with Gasteiger partial charge in [-0.15, -0.1) is 0 Å². The number of methoxy groups -OCH3 is 2. The molecule has 0 radical (unpaired) electrons. The van der Waals surface area contributed by atoms with Gasteiger partial charge in [0.1, 0.15) is 23.1 Å². The Hall–Kier alpha value is -3.79. The molecule has 1 N–H and O–H groups in total. The Balaban J connectivity index is 2.01. The zero-order chi connectivity index (χ0) is 20.5. The zero-order valence-electron chi connectivity index (χ0n) is 15.8. The van der Waals surface area contributed by atoms with Gasteiger partial charge in [-0.2, -0.15) is 5.26 Å². The van der Waals surface area contributed by atoms with Crippen LogP contribution in [0.3, 0.4) is 0 Å². The lowest BCUT2D eigenvalue weighted by atomic mass is 10.1. The van der Waals surface area contributed by atoms with Crippen molar-refractivity contribution in [3.8, 4) is 17.6 Å². The summed E-state index contributed by atoms with van der Waals surface area (Å²) >= 11 is 0. The van der Waals surface area contributed by atoms with Crippen LogP contribution in [0.1, 0.15) is 11.1 Å². The third-order valence-corrected chi connectivity index (χ3v) is 3.71. The number of ether oxygens (including phenoxy) is 3. The highest BCUT2D eigenvalue weighted by molar-refractivity contribution is 6.00. The second kappa shape index (κ2) is 9.78. The van der Waals surface area contributed by atoms with Crippen LogP contribution in [-0.4, -0.2) is 32.7 Å². The second-order valence-electron chi connectivity index (χ2n) is 5.77. The van der Waals surface area contributed by atoms with Crippen molar-refractivity contribution < 1.29 is 23.8 Å². The number of rotatable bonds is 7. The molecular formula is C21H20N2O5. The maximum Gasteiger partial charge on any atom is 0.349 e. The van der Waals surface area contributed by atoms with Gasteiger partial charge in [-0.1, -0.05) is 18.2 Å². The molecule has 0 spiro atoms. The summed E-state index contributed by atoms with van der Waals surface area (Å²) in [7, 11) is 3.01. The molecule has 0 saturated carbocycles. The van der Waals surface area contributed by atoms with E-state index in [1.165, 1.54) is 20.3 Å². The van der Waals surface area contributed by atoms with Crippen molar-refractivity contribution in [2.45, 2.75) is 6.92 Å². The van der Waals surface area contributed by atoms with Gasteiger partial charge in [0.2, 0.25) is 0 Å². The van der Waals surface area contributed by atoms with Crippen molar-refractivity contribution in [2.24, 2.45) is 0 Å². The van der Waals surface area contributed by atoms with Crippen molar-refractivity contribution in [3.05, 3.63) is 59.2 Å². The number of benzene rings is 2. The molecule has 0 unspecified atom stereocenters. The van der Waals surface area contributed by atoms with Crippen LogP contribution in [0, 0.1) is 18.3 Å². The third-order valence-electron chi connectivity index (χ3n) is 3.71. The molecule has 2 aromatic rings. The van der Waals surface area contributed by atoms with Gasteiger partial charge >= 0.3 is 5.97 Å². The SMILES string of the molecule is COc1cccc(/C=C(\C#N)C(=O)OCC(=O)Nc2cc(C)ccc2OC)c1. The minimum Gasteiger partial charge on any atom is -0.497 e. The molecule has 28 heavy (non-hydrogen) atoms. The van der Waals surface area contributed by atoms with Crippen LogP contribution in [0.2, 0.25) is 0 Å². The first-order valence-corrected chi connectivity index (χ1v) is 8.34. The maximum atomic E-state index is 12.1. The van der Waals surface area contributed by atoms with Gasteiger partial charge in [-0.3, -0.25) is 4.79 Å². The minimum atomic E-state index is -0.892. The van der Waals surface area contributed by atoms with Crippen LogP contribution in [-0.2, 0) is 14.3 Å². The van der Waals surface area contributed by atoms with E-state index in [-0.39, 0.29) is 5.57 Å². The molecule has 144 valence electrons. The van der Waals surface area contributed by atoms with Gasteiger partial charge in [0.05, 0.1) is 19.9 Å². The Kier molecular flexibility index (Phi) is 7.17. The number of carbonyl (C=O) groups is 2. The molecule has 0 aliphatic carbocycles. The molecule has 0 saturated heterocycles. The molecular weight excluding hydrogens is 360 g/mol. The zero-order valence-corrected chi connectivity index (χ0v) is 15.8. The van der Waals surface area contributed by atoms with E-state index in [9.17, 15) is 14.9 Å². The summed E-state index contributed by atoms with van der Waals surface area (Å²) in [5.41, 5.74) is 1.77. The predicted molar refractivity (Wildman–Crippen MR) is 104 cm³/mol. The summed E-state index contributed by atoms with van der Waals surface area (Å²) < 4.78 is 15.2. The van der Waals surface area contributed by atoms with Crippen molar-refractivity contribution in [1.82, 2.24) is 0 Å². The van der Waals surface area contributed by atoms with Crippen LogP contribution < -0.4 is 14.8 Å². The number of esters is 1. The van der Waals surface area contributed by atoms with E-state index in [1.54, 1.807) is 42.5 Å². The number of anilines is 1. The number of hydrogen-bond donors (Lipinski definition) is 1. The van der Waals surface area contributed by atoms with E-state index in [4.69, 9.17) is 14.2 Å². The van der Waals surface area contributed by atoms with E-state index in [2.05, 4.69) is 5.32 Å². The molecule has 0 atom stereocenters. The van der Waals surface area contributed by atoms with Gasteiger partial charge < -0.3 is 19.5 Å². The summed E-state index contributed by atoms with van der Waals surface area (Å²) in [6.07, 6.45) is 1.37. The van der Waals surface area contributed by atoms with Gasteiger partial charge in [0, 0.05) is 0 Å². The second-order valence-corrected chi connectivity index (χ2v) is 5.77. The average molecular weight is 380 g/mol. The standard InChI is InChI=1S/C21H20N2O5/c1-14-7-8-19(27-3)18(9-14)23-20(24)13-28-21(25)16(12-22)10-15-5-4-6-17(11-15)26-2/h4-11H,13H2,1-3H3,(H,23,24)/b16-10+. The number of nitrogens with zero attached hydrogens (tertiary/aromatic N) is 1. The Morgan fingerprint density at radius 2 is 1.93 bits per heavy atom. The average Bonchev–Trinajstić information content (AvgIpc) is 2.70. The van der Waals surface area contributed by atoms with Crippen LogP contribution in [0.15, 0.2) is 48.0 Å². The smallest absolute Gasteiger partial charge is 0.349 e. The fraction of sp³-hybridized carbons (Fsp3) is 0.190. The first kappa shape index (κ1) is 20.5. The lowest BCUT2D eigenvalue weighted by Gasteiger charge is -2.11. The first-order chi connectivity index (χ1) is 13.5. The van der Waals surface area contributed by atoms with Crippen molar-refractivity contribution >= 4 is 23.6 Å². The van der Waals surface area contributed by atoms with Crippen molar-refractivity contribution in [2.75, 3.05) is 26.1 Å². The number of aryl methyl sites for hydroxylation is 1. The topological polar surface area (TPSA) is 97.6 Å². The Bertz CT molecular complexity index is 944. The molecule has 0 bridgehead atoms. The highest BCUT2D eigenvalue weighted by atomic mass is 16.5. The molecule has 2 rings (SSSR count). The highest BCUT2D eigenvalue weighted by Gasteiger charge is 2.14. The quantitative estimate of drug-likeness (QED) is 0.450. The predicted octanol–water partition coefficient (Wildman–Crippen LogP) is 3.10. The fourth-order valence-electron chi connectivity index (χ4n) is 2.35. The lowest BCUT2D eigenvalue weighted by Crippen LogP contribution is -2.21. The molecule has 7 heteroatoms. The number of carbonyl (C=O) groups excluding carboxylic acids is 2. The maximum absolute atomic E-state index is 12.1. The monoisotopic (exact) mass is 380 g/mol.